The number of carbonyl (C=O) groups is 2. The first-order chi connectivity index (χ1) is 15.1. The molecular weight excluding hydrogens is 392 g/mol. The highest BCUT2D eigenvalue weighted by Crippen LogP contribution is 2.25. The minimum Gasteiger partial charge on any atom is -0.461 e. The molecule has 0 spiro atoms. The molecule has 3 aromatic rings. The van der Waals surface area contributed by atoms with Gasteiger partial charge in [-0.1, -0.05) is 60.7 Å². The number of urea groups is 1. The van der Waals surface area contributed by atoms with E-state index in [0.717, 1.165) is 22.4 Å². The van der Waals surface area contributed by atoms with Crippen LogP contribution < -0.4 is 5.32 Å². The van der Waals surface area contributed by atoms with E-state index in [2.05, 4.69) is 10.4 Å². The Kier molecular flexibility index (Phi) is 6.02. The van der Waals surface area contributed by atoms with E-state index >= 15 is 0 Å². The summed E-state index contributed by atoms with van der Waals surface area (Å²) in [6.45, 7) is 2.92. The average molecular weight is 418 g/mol. The molecule has 1 aliphatic heterocycles. The molecule has 0 fully saturated rings. The Morgan fingerprint density at radius 3 is 2.26 bits per heavy atom. The van der Waals surface area contributed by atoms with Crippen molar-refractivity contribution in [1.29, 1.82) is 0 Å². The van der Waals surface area contributed by atoms with Gasteiger partial charge in [0.2, 0.25) is 0 Å². The molecule has 2 aromatic carbocycles. The highest BCUT2D eigenvalue weighted by Gasteiger charge is 2.31. The first kappa shape index (κ1) is 20.7. The Hall–Kier alpha value is -3.61. The van der Waals surface area contributed by atoms with Gasteiger partial charge in [0, 0.05) is 25.6 Å². The second-order valence-electron chi connectivity index (χ2n) is 7.49. The molecule has 0 saturated heterocycles. The molecule has 7 heteroatoms. The maximum Gasteiger partial charge on any atom is 0.356 e. The van der Waals surface area contributed by atoms with Crippen LogP contribution in [0.25, 0.3) is 0 Å². The zero-order chi connectivity index (χ0) is 21.8. The molecule has 0 aliphatic carbocycles. The van der Waals surface area contributed by atoms with E-state index in [0.29, 0.717) is 31.8 Å². The van der Waals surface area contributed by atoms with Gasteiger partial charge in [0.15, 0.2) is 5.69 Å². The van der Waals surface area contributed by atoms with Crippen molar-refractivity contribution in [2.75, 3.05) is 13.2 Å². The summed E-state index contributed by atoms with van der Waals surface area (Å²) in [6.07, 6.45) is 0.595. The minimum atomic E-state index is -0.410. The number of nitrogens with zero attached hydrogens (tertiary/aromatic N) is 3. The van der Waals surface area contributed by atoms with E-state index in [9.17, 15) is 9.59 Å². The van der Waals surface area contributed by atoms with Gasteiger partial charge in [-0.15, -0.1) is 0 Å². The standard InChI is InChI=1S/C24H26N4O3/c1-3-31-23(29)22-19-16-28(15-14-20(19)26-27(22)2)24(30)25-21(17-10-6-4-7-11-17)18-12-8-5-9-13-18/h4-13,21H,3,14-16H2,1-2H3,(H,25,30). The van der Waals surface area contributed by atoms with Crippen molar-refractivity contribution in [3.8, 4) is 0 Å². The van der Waals surface area contributed by atoms with Crippen LogP contribution in [0.15, 0.2) is 60.7 Å². The molecular formula is C24H26N4O3. The molecule has 1 N–H and O–H groups in total. The van der Waals surface area contributed by atoms with Crippen LogP contribution in [-0.2, 0) is 24.8 Å². The van der Waals surface area contributed by atoms with E-state index in [1.165, 1.54) is 0 Å². The quantitative estimate of drug-likeness (QED) is 0.644. The van der Waals surface area contributed by atoms with Gasteiger partial charge in [0.05, 0.1) is 24.9 Å². The van der Waals surface area contributed by atoms with Gasteiger partial charge in [-0.3, -0.25) is 4.68 Å². The summed E-state index contributed by atoms with van der Waals surface area (Å²) in [7, 11) is 1.73. The zero-order valence-corrected chi connectivity index (χ0v) is 17.7. The lowest BCUT2D eigenvalue weighted by atomic mass is 9.99. The molecule has 4 rings (SSSR count). The molecule has 0 radical (unpaired) electrons. The lowest BCUT2D eigenvalue weighted by Crippen LogP contribution is -2.44. The second-order valence-corrected chi connectivity index (χ2v) is 7.49. The molecule has 0 bridgehead atoms. The maximum absolute atomic E-state index is 13.3. The van der Waals surface area contributed by atoms with Gasteiger partial charge in [-0.05, 0) is 18.1 Å². The summed E-state index contributed by atoms with van der Waals surface area (Å²) in [6, 6.07) is 19.3. The second kappa shape index (κ2) is 9.04. The van der Waals surface area contributed by atoms with Gasteiger partial charge in [-0.25, -0.2) is 9.59 Å². The first-order valence-corrected chi connectivity index (χ1v) is 10.5. The lowest BCUT2D eigenvalue weighted by molar-refractivity contribution is 0.0511. The molecule has 160 valence electrons. The molecule has 2 heterocycles. The summed E-state index contributed by atoms with van der Waals surface area (Å²) in [4.78, 5) is 27.4. The predicted molar refractivity (Wildman–Crippen MR) is 117 cm³/mol. The topological polar surface area (TPSA) is 76.5 Å². The number of nitrogens with one attached hydrogen (secondary N) is 1. The Morgan fingerprint density at radius 1 is 1.06 bits per heavy atom. The third kappa shape index (κ3) is 4.30. The summed E-state index contributed by atoms with van der Waals surface area (Å²) < 4.78 is 6.75. The third-order valence-corrected chi connectivity index (χ3v) is 5.49. The Morgan fingerprint density at radius 2 is 1.68 bits per heavy atom. The number of benzene rings is 2. The fourth-order valence-electron chi connectivity index (χ4n) is 3.99. The number of hydrogen-bond acceptors (Lipinski definition) is 4. The largest absolute Gasteiger partial charge is 0.461 e. The van der Waals surface area contributed by atoms with Gasteiger partial charge in [0.25, 0.3) is 0 Å². The number of aryl methyl sites for hydroxylation is 1. The molecule has 2 amide bonds. The number of hydrogen-bond donors (Lipinski definition) is 1. The van der Waals surface area contributed by atoms with E-state index in [1.54, 1.807) is 23.6 Å². The Labute approximate surface area is 181 Å². The van der Waals surface area contributed by atoms with Gasteiger partial charge < -0.3 is 15.0 Å². The van der Waals surface area contributed by atoms with Crippen LogP contribution in [0.4, 0.5) is 4.79 Å². The van der Waals surface area contributed by atoms with E-state index in [-0.39, 0.29) is 12.1 Å². The molecule has 0 saturated carbocycles. The molecule has 7 nitrogen and oxygen atoms in total. The zero-order valence-electron chi connectivity index (χ0n) is 17.7. The normalized spacial score (nSPS) is 13.1. The van der Waals surface area contributed by atoms with Crippen LogP contribution in [0.2, 0.25) is 0 Å². The molecule has 0 atom stereocenters. The third-order valence-electron chi connectivity index (χ3n) is 5.49. The van der Waals surface area contributed by atoms with Crippen molar-refractivity contribution in [3.63, 3.8) is 0 Å². The number of aromatic nitrogens is 2. The van der Waals surface area contributed by atoms with Gasteiger partial charge in [0.1, 0.15) is 0 Å². The highest BCUT2D eigenvalue weighted by molar-refractivity contribution is 5.90. The number of carbonyl (C=O) groups excluding carboxylic acids is 2. The summed E-state index contributed by atoms with van der Waals surface area (Å²) >= 11 is 0. The molecule has 0 unspecified atom stereocenters. The van der Waals surface area contributed by atoms with Crippen molar-refractivity contribution < 1.29 is 14.3 Å². The highest BCUT2D eigenvalue weighted by atomic mass is 16.5. The number of fused-ring (bicyclic) bond motifs is 1. The smallest absolute Gasteiger partial charge is 0.356 e. The molecule has 1 aromatic heterocycles. The number of amides is 2. The van der Waals surface area contributed by atoms with E-state index < -0.39 is 5.97 Å². The van der Waals surface area contributed by atoms with Crippen LogP contribution in [0.1, 0.15) is 45.8 Å². The molecule has 31 heavy (non-hydrogen) atoms. The van der Waals surface area contributed by atoms with Crippen molar-refractivity contribution >= 4 is 12.0 Å². The number of esters is 1. The van der Waals surface area contributed by atoms with Crippen LogP contribution in [0.5, 0.6) is 0 Å². The average Bonchev–Trinajstić information content (AvgIpc) is 3.13. The summed E-state index contributed by atoms with van der Waals surface area (Å²) in [5.41, 5.74) is 4.04. The lowest BCUT2D eigenvalue weighted by Gasteiger charge is -2.29. The fourth-order valence-corrected chi connectivity index (χ4v) is 3.99. The van der Waals surface area contributed by atoms with Crippen molar-refractivity contribution in [2.24, 2.45) is 7.05 Å². The monoisotopic (exact) mass is 418 g/mol. The van der Waals surface area contributed by atoms with E-state index in [1.807, 2.05) is 60.7 Å². The predicted octanol–water partition coefficient (Wildman–Crippen LogP) is 3.45. The maximum atomic E-state index is 13.3. The van der Waals surface area contributed by atoms with Crippen molar-refractivity contribution in [1.82, 2.24) is 20.0 Å². The first-order valence-electron chi connectivity index (χ1n) is 10.5. The van der Waals surface area contributed by atoms with Crippen molar-refractivity contribution in [2.45, 2.75) is 25.9 Å². The van der Waals surface area contributed by atoms with Crippen LogP contribution in [0.3, 0.4) is 0 Å². The van der Waals surface area contributed by atoms with Crippen LogP contribution >= 0.6 is 0 Å². The number of ether oxygens (including phenoxy) is 1. The number of rotatable bonds is 5. The van der Waals surface area contributed by atoms with Gasteiger partial charge >= 0.3 is 12.0 Å². The van der Waals surface area contributed by atoms with Gasteiger partial charge in [-0.2, -0.15) is 5.10 Å². The van der Waals surface area contributed by atoms with Crippen LogP contribution in [-0.4, -0.2) is 39.8 Å². The molecule has 1 aliphatic rings. The summed E-state index contributed by atoms with van der Waals surface area (Å²) in [5, 5.41) is 7.64. The fraction of sp³-hybridized carbons (Fsp3) is 0.292. The SMILES string of the molecule is CCOC(=O)c1c2c(nn1C)CCN(C(=O)NC(c1ccccc1)c1ccccc1)C2. The Bertz CT molecular complexity index is 1020. The summed E-state index contributed by atoms with van der Waals surface area (Å²) in [5.74, 6) is -0.410. The van der Waals surface area contributed by atoms with Crippen molar-refractivity contribution in [3.05, 3.63) is 88.7 Å². The minimum absolute atomic E-state index is 0.179. The van der Waals surface area contributed by atoms with Crippen LogP contribution in [0, 0.1) is 0 Å². The van der Waals surface area contributed by atoms with E-state index in [4.69, 9.17) is 4.74 Å². The Balaban J connectivity index is 1.57.